The van der Waals surface area contributed by atoms with E-state index in [4.69, 9.17) is 10.00 Å². The number of nitriles is 1. The lowest BCUT2D eigenvalue weighted by atomic mass is 10.1. The van der Waals surface area contributed by atoms with Crippen molar-refractivity contribution >= 4 is 5.69 Å². The van der Waals surface area contributed by atoms with Gasteiger partial charge in [-0.1, -0.05) is 0 Å². The number of aromatic nitrogens is 1. The molecule has 0 saturated heterocycles. The predicted molar refractivity (Wildman–Crippen MR) is 68.0 cm³/mol. The minimum Gasteiger partial charge on any atom is -0.380 e. The standard InChI is InChI=1S/C13H19N3O/c1-5-17-8-10(3)16-13-6-9(2)15-11(4)12(13)7-14/h6,10H,5,8H2,1-4H3,(H,15,16). The number of hydrogen-bond acceptors (Lipinski definition) is 4. The second kappa shape index (κ2) is 6.21. The first kappa shape index (κ1) is 13.5. The number of hydrogen-bond donors (Lipinski definition) is 1. The molecule has 1 aromatic rings. The summed E-state index contributed by atoms with van der Waals surface area (Å²) < 4.78 is 5.34. The molecule has 0 aliphatic carbocycles. The predicted octanol–water partition coefficient (Wildman–Crippen LogP) is 2.41. The van der Waals surface area contributed by atoms with E-state index >= 15 is 0 Å². The smallest absolute Gasteiger partial charge is 0.103 e. The van der Waals surface area contributed by atoms with Crippen LogP contribution in [-0.2, 0) is 4.74 Å². The monoisotopic (exact) mass is 233 g/mol. The molecule has 4 nitrogen and oxygen atoms in total. The van der Waals surface area contributed by atoms with Crippen molar-refractivity contribution in [3.63, 3.8) is 0 Å². The van der Waals surface area contributed by atoms with Crippen LogP contribution in [0, 0.1) is 25.2 Å². The van der Waals surface area contributed by atoms with Gasteiger partial charge in [-0.05, 0) is 33.8 Å². The molecule has 0 radical (unpaired) electrons. The van der Waals surface area contributed by atoms with Gasteiger partial charge >= 0.3 is 0 Å². The average molecular weight is 233 g/mol. The van der Waals surface area contributed by atoms with Crippen molar-refractivity contribution in [3.8, 4) is 6.07 Å². The molecule has 17 heavy (non-hydrogen) atoms. The summed E-state index contributed by atoms with van der Waals surface area (Å²) in [6.07, 6.45) is 0. The minimum atomic E-state index is 0.170. The highest BCUT2D eigenvalue weighted by Gasteiger charge is 2.10. The molecule has 0 aliphatic heterocycles. The zero-order valence-corrected chi connectivity index (χ0v) is 10.9. The molecule has 0 spiro atoms. The van der Waals surface area contributed by atoms with Gasteiger partial charge in [0.05, 0.1) is 23.6 Å². The van der Waals surface area contributed by atoms with E-state index in [0.717, 1.165) is 17.1 Å². The molecule has 0 saturated carbocycles. The zero-order chi connectivity index (χ0) is 12.8. The fourth-order valence-electron chi connectivity index (χ4n) is 1.69. The first-order valence-electron chi connectivity index (χ1n) is 5.81. The molecule has 1 aromatic heterocycles. The summed E-state index contributed by atoms with van der Waals surface area (Å²) in [7, 11) is 0. The minimum absolute atomic E-state index is 0.170. The van der Waals surface area contributed by atoms with Crippen LogP contribution in [0.4, 0.5) is 5.69 Å². The molecule has 1 atom stereocenters. The van der Waals surface area contributed by atoms with Gasteiger partial charge in [-0.3, -0.25) is 4.98 Å². The van der Waals surface area contributed by atoms with E-state index in [-0.39, 0.29) is 6.04 Å². The summed E-state index contributed by atoms with van der Waals surface area (Å²) in [5.41, 5.74) is 3.12. The van der Waals surface area contributed by atoms with E-state index in [1.165, 1.54) is 0 Å². The third kappa shape index (κ3) is 3.72. The summed E-state index contributed by atoms with van der Waals surface area (Å²) in [5.74, 6) is 0. The molecule has 0 aliphatic rings. The number of nitrogens with zero attached hydrogens (tertiary/aromatic N) is 2. The van der Waals surface area contributed by atoms with Crippen molar-refractivity contribution in [2.24, 2.45) is 0 Å². The summed E-state index contributed by atoms with van der Waals surface area (Å²) >= 11 is 0. The lowest BCUT2D eigenvalue weighted by Crippen LogP contribution is -2.22. The maximum absolute atomic E-state index is 9.12. The Kier molecular flexibility index (Phi) is 4.92. The van der Waals surface area contributed by atoms with Gasteiger partial charge in [0.2, 0.25) is 0 Å². The molecular formula is C13H19N3O. The number of aryl methyl sites for hydroxylation is 2. The Labute approximate surface area is 103 Å². The van der Waals surface area contributed by atoms with E-state index in [2.05, 4.69) is 16.4 Å². The Morgan fingerprint density at radius 3 is 2.82 bits per heavy atom. The van der Waals surface area contributed by atoms with Crippen molar-refractivity contribution in [3.05, 3.63) is 23.0 Å². The molecule has 0 aromatic carbocycles. The van der Waals surface area contributed by atoms with Crippen LogP contribution < -0.4 is 5.32 Å². The molecule has 1 heterocycles. The molecule has 1 unspecified atom stereocenters. The maximum atomic E-state index is 9.12. The lowest BCUT2D eigenvalue weighted by Gasteiger charge is -2.17. The van der Waals surface area contributed by atoms with E-state index in [1.807, 2.05) is 33.8 Å². The normalized spacial score (nSPS) is 11.9. The van der Waals surface area contributed by atoms with Crippen LogP contribution in [0.3, 0.4) is 0 Å². The van der Waals surface area contributed by atoms with Gasteiger partial charge in [0, 0.05) is 18.3 Å². The fraction of sp³-hybridized carbons (Fsp3) is 0.538. The topological polar surface area (TPSA) is 57.9 Å². The van der Waals surface area contributed by atoms with E-state index in [0.29, 0.717) is 18.8 Å². The largest absolute Gasteiger partial charge is 0.380 e. The highest BCUT2D eigenvalue weighted by molar-refractivity contribution is 5.60. The summed E-state index contributed by atoms with van der Waals surface area (Å²) in [6.45, 7) is 9.10. The second-order valence-electron chi connectivity index (χ2n) is 4.09. The van der Waals surface area contributed by atoms with E-state index in [9.17, 15) is 0 Å². The molecule has 1 rings (SSSR count). The molecule has 1 N–H and O–H groups in total. The van der Waals surface area contributed by atoms with Gasteiger partial charge in [0.25, 0.3) is 0 Å². The Bertz CT molecular complexity index is 423. The Morgan fingerprint density at radius 1 is 1.53 bits per heavy atom. The van der Waals surface area contributed by atoms with Gasteiger partial charge < -0.3 is 10.1 Å². The van der Waals surface area contributed by atoms with Crippen molar-refractivity contribution in [1.29, 1.82) is 5.26 Å². The average Bonchev–Trinajstić information content (AvgIpc) is 2.25. The molecule has 4 heteroatoms. The van der Waals surface area contributed by atoms with Crippen LogP contribution in [0.2, 0.25) is 0 Å². The van der Waals surface area contributed by atoms with Crippen molar-refractivity contribution in [2.45, 2.75) is 33.7 Å². The van der Waals surface area contributed by atoms with Gasteiger partial charge in [0.1, 0.15) is 6.07 Å². The van der Waals surface area contributed by atoms with E-state index < -0.39 is 0 Å². The number of anilines is 1. The summed E-state index contributed by atoms with van der Waals surface area (Å²) in [6, 6.07) is 4.25. The number of rotatable bonds is 5. The van der Waals surface area contributed by atoms with E-state index in [1.54, 1.807) is 0 Å². The summed E-state index contributed by atoms with van der Waals surface area (Å²) in [4.78, 5) is 4.28. The van der Waals surface area contributed by atoms with Gasteiger partial charge in [-0.2, -0.15) is 5.26 Å². The van der Waals surface area contributed by atoms with Crippen LogP contribution in [0.15, 0.2) is 6.07 Å². The van der Waals surface area contributed by atoms with Crippen molar-refractivity contribution < 1.29 is 4.74 Å². The second-order valence-corrected chi connectivity index (χ2v) is 4.09. The van der Waals surface area contributed by atoms with Crippen LogP contribution in [-0.4, -0.2) is 24.2 Å². The quantitative estimate of drug-likeness (QED) is 0.848. The molecule has 0 amide bonds. The van der Waals surface area contributed by atoms with Crippen molar-refractivity contribution in [2.75, 3.05) is 18.5 Å². The lowest BCUT2D eigenvalue weighted by molar-refractivity contribution is 0.141. The zero-order valence-electron chi connectivity index (χ0n) is 10.9. The Hall–Kier alpha value is -1.60. The van der Waals surface area contributed by atoms with Gasteiger partial charge in [-0.15, -0.1) is 0 Å². The van der Waals surface area contributed by atoms with Gasteiger partial charge in [-0.25, -0.2) is 0 Å². The maximum Gasteiger partial charge on any atom is 0.103 e. The Morgan fingerprint density at radius 2 is 2.24 bits per heavy atom. The number of nitrogens with one attached hydrogen (secondary N) is 1. The first-order chi connectivity index (χ1) is 8.08. The highest BCUT2D eigenvalue weighted by atomic mass is 16.5. The SMILES string of the molecule is CCOCC(C)Nc1cc(C)nc(C)c1C#N. The van der Waals surface area contributed by atoms with Crippen LogP contribution in [0.25, 0.3) is 0 Å². The fourth-order valence-corrected chi connectivity index (χ4v) is 1.69. The molecule has 0 bridgehead atoms. The number of ether oxygens (including phenoxy) is 1. The third-order valence-corrected chi connectivity index (χ3v) is 2.41. The first-order valence-corrected chi connectivity index (χ1v) is 5.81. The molecule has 92 valence electrons. The highest BCUT2D eigenvalue weighted by Crippen LogP contribution is 2.19. The number of pyridine rings is 1. The molecule has 0 fully saturated rings. The molecular weight excluding hydrogens is 214 g/mol. The summed E-state index contributed by atoms with van der Waals surface area (Å²) in [5, 5.41) is 12.4. The van der Waals surface area contributed by atoms with Crippen LogP contribution in [0.1, 0.15) is 30.8 Å². The van der Waals surface area contributed by atoms with Crippen LogP contribution >= 0.6 is 0 Å². The van der Waals surface area contributed by atoms with Crippen LogP contribution in [0.5, 0.6) is 0 Å². The third-order valence-electron chi connectivity index (χ3n) is 2.41. The van der Waals surface area contributed by atoms with Gasteiger partial charge in [0.15, 0.2) is 0 Å². The van der Waals surface area contributed by atoms with Crippen molar-refractivity contribution in [1.82, 2.24) is 4.98 Å². The Balaban J connectivity index is 2.86.